The summed E-state index contributed by atoms with van der Waals surface area (Å²) in [5, 5.41) is 0. The third-order valence-electron chi connectivity index (χ3n) is 6.07. The molecule has 3 rings (SSSR count). The Kier molecular flexibility index (Phi) is 8.97. The largest absolute Gasteiger partial charge is 0.469 e. The quantitative estimate of drug-likeness (QED) is 0.312. The van der Waals surface area contributed by atoms with Crippen molar-refractivity contribution >= 4 is 18.0 Å². The van der Waals surface area contributed by atoms with Crippen molar-refractivity contribution in [1.29, 1.82) is 0 Å². The lowest BCUT2D eigenvalue weighted by molar-refractivity contribution is -0.143. The molecule has 0 N–H and O–H groups in total. The number of carbonyl (C=O) groups excluding carboxylic acids is 2. The predicted octanol–water partition coefficient (Wildman–Crippen LogP) is 5.48. The van der Waals surface area contributed by atoms with Crippen LogP contribution in [-0.4, -0.2) is 30.6 Å². The van der Waals surface area contributed by atoms with Crippen LogP contribution in [0.2, 0.25) is 0 Å². The number of unbranched alkanes of at least 4 members (excludes halogenated alkanes) is 3. The van der Waals surface area contributed by atoms with Crippen molar-refractivity contribution < 1.29 is 14.3 Å². The molecular weight excluding hydrogens is 398 g/mol. The van der Waals surface area contributed by atoms with E-state index in [1.165, 1.54) is 43.9 Å². The molecule has 0 aliphatic carbocycles. The number of carbonyl (C=O) groups is 2. The summed E-state index contributed by atoms with van der Waals surface area (Å²) in [5.41, 5.74) is 2.80. The minimum absolute atomic E-state index is 0.0420. The Labute approximate surface area is 191 Å². The first-order valence-corrected chi connectivity index (χ1v) is 11.6. The van der Waals surface area contributed by atoms with Gasteiger partial charge in [0.05, 0.1) is 13.5 Å². The number of aryl methyl sites for hydroxylation is 3. The smallest absolute Gasteiger partial charge is 0.308 e. The third kappa shape index (κ3) is 7.01. The number of rotatable bonds is 13. The summed E-state index contributed by atoms with van der Waals surface area (Å²) in [6.07, 6.45) is 13.2. The van der Waals surface area contributed by atoms with E-state index in [1.807, 2.05) is 0 Å². The fraction of sp³-hybridized carbons (Fsp3) is 0.393. The van der Waals surface area contributed by atoms with E-state index in [9.17, 15) is 9.59 Å². The van der Waals surface area contributed by atoms with E-state index >= 15 is 0 Å². The molecule has 0 amide bonds. The summed E-state index contributed by atoms with van der Waals surface area (Å²) >= 11 is 0. The molecular formula is C28H33NO3. The number of allylic oxidation sites excluding steroid dienone is 1. The van der Waals surface area contributed by atoms with Crippen molar-refractivity contribution in [2.24, 2.45) is 4.99 Å². The zero-order chi connectivity index (χ0) is 22.7. The first-order valence-electron chi connectivity index (χ1n) is 11.6. The summed E-state index contributed by atoms with van der Waals surface area (Å²) in [7, 11) is 1.33. The molecule has 4 heteroatoms. The van der Waals surface area contributed by atoms with E-state index in [2.05, 4.69) is 59.6 Å². The number of methoxy groups -OCH3 is 1. The fourth-order valence-electron chi connectivity index (χ4n) is 4.09. The van der Waals surface area contributed by atoms with Crippen molar-refractivity contribution in [1.82, 2.24) is 0 Å². The van der Waals surface area contributed by atoms with E-state index in [0.717, 1.165) is 18.4 Å². The maximum Gasteiger partial charge on any atom is 0.308 e. The Bertz CT molecular complexity index is 917. The Morgan fingerprint density at radius 1 is 0.812 bits per heavy atom. The van der Waals surface area contributed by atoms with E-state index in [1.54, 1.807) is 18.4 Å². The number of esters is 1. The molecule has 1 aliphatic rings. The van der Waals surface area contributed by atoms with Gasteiger partial charge < -0.3 is 4.74 Å². The molecule has 1 heterocycles. The topological polar surface area (TPSA) is 55.7 Å². The van der Waals surface area contributed by atoms with Crippen molar-refractivity contribution in [3.05, 3.63) is 83.4 Å². The number of hydrogen-bond donors (Lipinski definition) is 0. The van der Waals surface area contributed by atoms with Gasteiger partial charge in [0.1, 0.15) is 5.54 Å². The van der Waals surface area contributed by atoms with Crippen molar-refractivity contribution in [3.8, 4) is 0 Å². The fourth-order valence-corrected chi connectivity index (χ4v) is 4.09. The zero-order valence-electron chi connectivity index (χ0n) is 19.0. The molecule has 0 spiro atoms. The Morgan fingerprint density at radius 3 is 1.97 bits per heavy atom. The van der Waals surface area contributed by atoms with E-state index < -0.39 is 11.5 Å². The minimum Gasteiger partial charge on any atom is -0.469 e. The van der Waals surface area contributed by atoms with Crippen LogP contribution in [0.4, 0.5) is 0 Å². The highest BCUT2D eigenvalue weighted by Gasteiger charge is 2.38. The van der Waals surface area contributed by atoms with Crippen LogP contribution in [0.3, 0.4) is 0 Å². The molecule has 32 heavy (non-hydrogen) atoms. The lowest BCUT2D eigenvalue weighted by atomic mass is 9.88. The Hall–Kier alpha value is -3.01. The number of hydrogen-bond acceptors (Lipinski definition) is 4. The highest BCUT2D eigenvalue weighted by atomic mass is 16.5. The summed E-state index contributed by atoms with van der Waals surface area (Å²) in [5.74, 6) is -0.473. The molecule has 0 aromatic heterocycles. The minimum atomic E-state index is -1.09. The van der Waals surface area contributed by atoms with Crippen LogP contribution in [0.5, 0.6) is 0 Å². The van der Waals surface area contributed by atoms with Gasteiger partial charge in [-0.05, 0) is 60.9 Å². The van der Waals surface area contributed by atoms with Crippen molar-refractivity contribution in [3.63, 3.8) is 0 Å². The van der Waals surface area contributed by atoms with Gasteiger partial charge in [0.15, 0.2) is 5.78 Å². The van der Waals surface area contributed by atoms with E-state index in [-0.39, 0.29) is 12.2 Å². The summed E-state index contributed by atoms with van der Waals surface area (Å²) in [6, 6.07) is 19.2. The molecule has 2 aromatic carbocycles. The van der Waals surface area contributed by atoms with Crippen LogP contribution in [0.25, 0.3) is 0 Å². The van der Waals surface area contributed by atoms with Crippen LogP contribution < -0.4 is 0 Å². The van der Waals surface area contributed by atoms with Gasteiger partial charge in [0.2, 0.25) is 0 Å². The number of nitrogens with zero attached hydrogens (tertiary/aromatic N) is 1. The van der Waals surface area contributed by atoms with Gasteiger partial charge in [0, 0.05) is 12.6 Å². The predicted molar refractivity (Wildman–Crippen MR) is 129 cm³/mol. The maximum atomic E-state index is 12.8. The second-order valence-electron chi connectivity index (χ2n) is 8.45. The lowest BCUT2D eigenvalue weighted by Gasteiger charge is -2.21. The molecule has 168 valence electrons. The summed E-state index contributed by atoms with van der Waals surface area (Å²) in [4.78, 5) is 28.8. The van der Waals surface area contributed by atoms with Crippen LogP contribution >= 0.6 is 0 Å². The monoisotopic (exact) mass is 431 g/mol. The van der Waals surface area contributed by atoms with Crippen LogP contribution in [0.1, 0.15) is 55.2 Å². The number of aliphatic imine (C=N–C) groups is 1. The number of ether oxygens (including phenoxy) is 1. The first kappa shape index (κ1) is 23.6. The standard InChI is InChI=1S/C28H33NO3/c1-32-27(31)22-28(20-9-21-29-28)26(30)19-18-25-16-14-24(15-17-25)13-6-3-2-5-10-23-11-7-4-8-12-23/h4,7-9,11-12,14-17,20-21H,2-3,5-6,10,13,18-19,22H2,1H3. The molecule has 0 fully saturated rings. The van der Waals surface area contributed by atoms with Crippen LogP contribution in [0.15, 0.2) is 71.7 Å². The highest BCUT2D eigenvalue weighted by Crippen LogP contribution is 2.26. The van der Waals surface area contributed by atoms with Gasteiger partial charge >= 0.3 is 5.97 Å². The van der Waals surface area contributed by atoms with E-state index in [4.69, 9.17) is 4.74 Å². The van der Waals surface area contributed by atoms with Gasteiger partial charge in [0.25, 0.3) is 0 Å². The molecule has 1 aliphatic heterocycles. The molecule has 2 aromatic rings. The molecule has 1 unspecified atom stereocenters. The summed E-state index contributed by atoms with van der Waals surface area (Å²) < 4.78 is 4.74. The molecule has 0 saturated heterocycles. The second-order valence-corrected chi connectivity index (χ2v) is 8.45. The molecule has 0 radical (unpaired) electrons. The maximum absolute atomic E-state index is 12.8. The van der Waals surface area contributed by atoms with Gasteiger partial charge in [-0.1, -0.05) is 67.4 Å². The molecule has 1 atom stereocenters. The Balaban J connectivity index is 1.37. The van der Waals surface area contributed by atoms with Crippen molar-refractivity contribution in [2.45, 2.75) is 63.3 Å². The normalized spacial score (nSPS) is 16.9. The Morgan fingerprint density at radius 2 is 1.41 bits per heavy atom. The zero-order valence-corrected chi connectivity index (χ0v) is 19.0. The van der Waals surface area contributed by atoms with Crippen molar-refractivity contribution in [2.75, 3.05) is 7.11 Å². The molecule has 0 bridgehead atoms. The number of ketones is 1. The summed E-state index contributed by atoms with van der Waals surface area (Å²) in [6.45, 7) is 0. The third-order valence-corrected chi connectivity index (χ3v) is 6.07. The number of benzene rings is 2. The van der Waals surface area contributed by atoms with E-state index in [0.29, 0.717) is 12.8 Å². The van der Waals surface area contributed by atoms with Gasteiger partial charge in [-0.25, -0.2) is 0 Å². The average molecular weight is 432 g/mol. The molecule has 4 nitrogen and oxygen atoms in total. The van der Waals surface area contributed by atoms with Crippen LogP contribution in [0, 0.1) is 0 Å². The van der Waals surface area contributed by atoms with Crippen LogP contribution in [-0.2, 0) is 33.6 Å². The van der Waals surface area contributed by atoms with Gasteiger partial charge in [-0.3, -0.25) is 14.6 Å². The van der Waals surface area contributed by atoms with Gasteiger partial charge in [-0.15, -0.1) is 0 Å². The molecule has 0 saturated carbocycles. The SMILES string of the molecule is COC(=O)CC1(C(=O)CCc2ccc(CCCCCCc3ccccc3)cc2)C=CC=N1. The average Bonchev–Trinajstić information content (AvgIpc) is 3.30. The second kappa shape index (κ2) is 12.1. The van der Waals surface area contributed by atoms with Gasteiger partial charge in [-0.2, -0.15) is 0 Å². The lowest BCUT2D eigenvalue weighted by Crippen LogP contribution is -2.36. The highest BCUT2D eigenvalue weighted by molar-refractivity contribution is 5.99. The number of Topliss-reactive ketones (excluding diaryl/α,β-unsaturated/α-hetero) is 1. The first-order chi connectivity index (χ1) is 15.6.